The molecule has 8 heteroatoms. The summed E-state index contributed by atoms with van der Waals surface area (Å²) >= 11 is 2.17. The highest BCUT2D eigenvalue weighted by Gasteiger charge is 2.49. The molecule has 0 radical (unpaired) electrons. The van der Waals surface area contributed by atoms with Gasteiger partial charge in [0.25, 0.3) is 0 Å². The Hall–Kier alpha value is -2.36. The maximum absolute atomic E-state index is 13.7. The van der Waals surface area contributed by atoms with E-state index in [0.717, 1.165) is 20.5 Å². The standard InChI is InChI=1S/C27H32INO6/c1-26(2)9-16-23(18(30)11-26)22(14-7-15(28)25(35-6)20(8-14)34-5)24-17(29(16)13-21(32)33)10-27(3,4)12-19(24)31/h7-8,22H,9-13H2,1-6H3,(H,32,33). The number of methoxy groups -OCH3 is 2. The molecule has 2 aliphatic carbocycles. The topological polar surface area (TPSA) is 93.1 Å². The van der Waals surface area contributed by atoms with Gasteiger partial charge in [0.15, 0.2) is 23.1 Å². The Morgan fingerprint density at radius 1 is 0.971 bits per heavy atom. The van der Waals surface area contributed by atoms with Crippen molar-refractivity contribution in [3.63, 3.8) is 0 Å². The molecule has 188 valence electrons. The minimum absolute atomic E-state index is 0.0365. The van der Waals surface area contributed by atoms with E-state index in [1.54, 1.807) is 19.1 Å². The van der Waals surface area contributed by atoms with Gasteiger partial charge < -0.3 is 19.5 Å². The fraction of sp³-hybridized carbons (Fsp3) is 0.519. The number of allylic oxidation sites excluding steroid dienone is 4. The van der Waals surface area contributed by atoms with E-state index >= 15 is 0 Å². The van der Waals surface area contributed by atoms with E-state index in [1.165, 1.54) is 0 Å². The predicted octanol–water partition coefficient (Wildman–Crippen LogP) is 5.08. The van der Waals surface area contributed by atoms with Crippen molar-refractivity contribution in [3.05, 3.63) is 43.8 Å². The lowest BCUT2D eigenvalue weighted by Crippen LogP contribution is -2.45. The number of aliphatic carboxylic acids is 1. The van der Waals surface area contributed by atoms with Crippen LogP contribution in [0.3, 0.4) is 0 Å². The maximum Gasteiger partial charge on any atom is 0.323 e. The Morgan fingerprint density at radius 3 is 1.91 bits per heavy atom. The van der Waals surface area contributed by atoms with Crippen molar-refractivity contribution < 1.29 is 29.0 Å². The summed E-state index contributed by atoms with van der Waals surface area (Å²) in [4.78, 5) is 41.1. The number of hydrogen-bond acceptors (Lipinski definition) is 6. The fourth-order valence-electron chi connectivity index (χ4n) is 5.81. The van der Waals surface area contributed by atoms with Gasteiger partial charge >= 0.3 is 5.97 Å². The first-order chi connectivity index (χ1) is 16.3. The minimum Gasteiger partial charge on any atom is -0.493 e. The number of carbonyl (C=O) groups is 3. The first kappa shape index (κ1) is 25.7. The molecule has 0 saturated heterocycles. The summed E-state index contributed by atoms with van der Waals surface area (Å²) in [6.07, 6.45) is 1.81. The van der Waals surface area contributed by atoms with Gasteiger partial charge in [-0.3, -0.25) is 14.4 Å². The summed E-state index contributed by atoms with van der Waals surface area (Å²) in [5.74, 6) is -0.508. The van der Waals surface area contributed by atoms with Crippen LogP contribution in [0.4, 0.5) is 0 Å². The number of ether oxygens (including phenoxy) is 2. The van der Waals surface area contributed by atoms with Gasteiger partial charge in [-0.2, -0.15) is 0 Å². The molecule has 0 aromatic heterocycles. The van der Waals surface area contributed by atoms with Crippen molar-refractivity contribution in [2.75, 3.05) is 20.8 Å². The van der Waals surface area contributed by atoms with Crippen molar-refractivity contribution in [2.24, 2.45) is 10.8 Å². The van der Waals surface area contributed by atoms with Gasteiger partial charge in [0.2, 0.25) is 0 Å². The monoisotopic (exact) mass is 593 g/mol. The molecule has 1 aromatic rings. The average molecular weight is 593 g/mol. The number of halogens is 1. The molecule has 0 bridgehead atoms. The second-order valence-corrected chi connectivity index (χ2v) is 12.4. The Kier molecular flexibility index (Phi) is 6.57. The summed E-state index contributed by atoms with van der Waals surface area (Å²) in [5, 5.41) is 9.80. The molecule has 1 aromatic carbocycles. The van der Waals surface area contributed by atoms with E-state index in [9.17, 15) is 19.5 Å². The van der Waals surface area contributed by atoms with E-state index in [1.807, 2.05) is 39.8 Å². The lowest BCUT2D eigenvalue weighted by Gasteiger charge is -2.48. The molecular weight excluding hydrogens is 561 g/mol. The molecule has 0 saturated carbocycles. The zero-order valence-corrected chi connectivity index (χ0v) is 23.2. The normalized spacial score (nSPS) is 21.6. The third kappa shape index (κ3) is 4.61. The fourth-order valence-corrected chi connectivity index (χ4v) is 6.66. The Labute approximate surface area is 219 Å². The van der Waals surface area contributed by atoms with Crippen LogP contribution in [0.1, 0.15) is 64.9 Å². The predicted molar refractivity (Wildman–Crippen MR) is 139 cm³/mol. The van der Waals surface area contributed by atoms with Gasteiger partial charge in [0, 0.05) is 41.3 Å². The highest BCUT2D eigenvalue weighted by molar-refractivity contribution is 14.1. The molecule has 35 heavy (non-hydrogen) atoms. The number of hydrogen-bond donors (Lipinski definition) is 1. The summed E-state index contributed by atoms with van der Waals surface area (Å²) in [6.45, 7) is 7.84. The van der Waals surface area contributed by atoms with Crippen molar-refractivity contribution >= 4 is 40.1 Å². The number of carboxylic acids is 1. The quantitative estimate of drug-likeness (QED) is 0.477. The molecule has 3 aliphatic rings. The van der Waals surface area contributed by atoms with Crippen LogP contribution in [0.5, 0.6) is 11.5 Å². The van der Waals surface area contributed by atoms with Crippen molar-refractivity contribution in [2.45, 2.75) is 59.3 Å². The summed E-state index contributed by atoms with van der Waals surface area (Å²) < 4.78 is 11.9. The smallest absolute Gasteiger partial charge is 0.323 e. The molecule has 1 heterocycles. The van der Waals surface area contributed by atoms with Crippen LogP contribution in [0, 0.1) is 14.4 Å². The van der Waals surface area contributed by atoms with Crippen LogP contribution in [-0.4, -0.2) is 48.3 Å². The zero-order chi connectivity index (χ0) is 25.9. The van der Waals surface area contributed by atoms with Crippen LogP contribution in [0.15, 0.2) is 34.7 Å². The molecule has 0 spiro atoms. The molecule has 4 rings (SSSR count). The largest absolute Gasteiger partial charge is 0.493 e. The Bertz CT molecular complexity index is 1140. The van der Waals surface area contributed by atoms with Gasteiger partial charge in [-0.05, 0) is 64.0 Å². The molecule has 7 nitrogen and oxygen atoms in total. The highest BCUT2D eigenvalue weighted by Crippen LogP contribution is 2.55. The second kappa shape index (κ2) is 8.94. The number of Topliss-reactive ketones (excluding diaryl/α,β-unsaturated/α-hetero) is 2. The first-order valence-electron chi connectivity index (χ1n) is 11.7. The number of rotatable bonds is 5. The molecule has 1 aliphatic heterocycles. The third-order valence-corrected chi connectivity index (χ3v) is 7.91. The number of benzene rings is 1. The van der Waals surface area contributed by atoms with Crippen LogP contribution in [0.2, 0.25) is 0 Å². The molecule has 1 N–H and O–H groups in total. The molecule has 0 amide bonds. The number of carboxylic acid groups (broad SMARTS) is 1. The van der Waals surface area contributed by atoms with Crippen LogP contribution in [0.25, 0.3) is 0 Å². The van der Waals surface area contributed by atoms with Gasteiger partial charge in [-0.1, -0.05) is 27.7 Å². The highest BCUT2D eigenvalue weighted by atomic mass is 127. The SMILES string of the molecule is COc1cc(C2C3=C(CC(C)(C)CC3=O)N(CC(=O)O)C3=C2C(=O)CC(C)(C)C3)cc(I)c1OC. The Morgan fingerprint density at radius 2 is 1.49 bits per heavy atom. The van der Waals surface area contributed by atoms with E-state index < -0.39 is 11.9 Å². The van der Waals surface area contributed by atoms with Gasteiger partial charge in [-0.25, -0.2) is 0 Å². The Balaban J connectivity index is 2.04. The van der Waals surface area contributed by atoms with Crippen LogP contribution >= 0.6 is 22.6 Å². The zero-order valence-electron chi connectivity index (χ0n) is 21.1. The third-order valence-electron chi connectivity index (χ3n) is 7.10. The second-order valence-electron chi connectivity index (χ2n) is 11.3. The van der Waals surface area contributed by atoms with Crippen molar-refractivity contribution in [1.82, 2.24) is 4.90 Å². The minimum atomic E-state index is -0.991. The summed E-state index contributed by atoms with van der Waals surface area (Å²) in [6, 6.07) is 3.78. The number of carbonyl (C=O) groups excluding carboxylic acids is 2. The van der Waals surface area contributed by atoms with Gasteiger partial charge in [0.1, 0.15) is 6.54 Å². The van der Waals surface area contributed by atoms with Gasteiger partial charge in [0.05, 0.1) is 17.8 Å². The van der Waals surface area contributed by atoms with Crippen molar-refractivity contribution in [1.29, 1.82) is 0 Å². The van der Waals surface area contributed by atoms with Crippen LogP contribution in [-0.2, 0) is 14.4 Å². The lowest BCUT2D eigenvalue weighted by atomic mass is 9.63. The summed E-state index contributed by atoms with van der Waals surface area (Å²) in [5.41, 5.74) is 2.70. The van der Waals surface area contributed by atoms with E-state index in [0.29, 0.717) is 48.3 Å². The number of nitrogens with zero attached hydrogens (tertiary/aromatic N) is 1. The molecule has 0 unspecified atom stereocenters. The van der Waals surface area contributed by atoms with E-state index in [2.05, 4.69) is 22.6 Å². The van der Waals surface area contributed by atoms with Gasteiger partial charge in [-0.15, -0.1) is 0 Å². The molecular formula is C27H32INO6. The first-order valence-corrected chi connectivity index (χ1v) is 12.8. The average Bonchev–Trinajstić information content (AvgIpc) is 2.72. The molecule has 0 atom stereocenters. The lowest BCUT2D eigenvalue weighted by molar-refractivity contribution is -0.138. The van der Waals surface area contributed by atoms with Crippen LogP contribution < -0.4 is 9.47 Å². The van der Waals surface area contributed by atoms with E-state index in [4.69, 9.17) is 9.47 Å². The molecule has 0 fully saturated rings. The maximum atomic E-state index is 13.7. The van der Waals surface area contributed by atoms with Crippen molar-refractivity contribution in [3.8, 4) is 11.5 Å². The van der Waals surface area contributed by atoms with E-state index in [-0.39, 0.29) is 28.9 Å². The number of ketones is 2. The summed E-state index contributed by atoms with van der Waals surface area (Å²) in [7, 11) is 3.13.